The van der Waals surface area contributed by atoms with Crippen molar-refractivity contribution in [1.82, 2.24) is 0 Å². The predicted molar refractivity (Wildman–Crippen MR) is 198 cm³/mol. The molecule has 246 valence electrons. The van der Waals surface area contributed by atoms with Crippen molar-refractivity contribution < 1.29 is 19.7 Å². The molecule has 0 radical (unpaired) electrons. The van der Waals surface area contributed by atoms with Gasteiger partial charge in [-0.3, -0.25) is 0 Å². The van der Waals surface area contributed by atoms with E-state index in [1.807, 2.05) is 12.1 Å². The molecular formula is C45H42O4. The molecule has 1 aliphatic rings. The Morgan fingerprint density at radius 2 is 0.816 bits per heavy atom. The van der Waals surface area contributed by atoms with Crippen molar-refractivity contribution in [3.63, 3.8) is 0 Å². The largest absolute Gasteiger partial charge is 0.493 e. The molecule has 49 heavy (non-hydrogen) atoms. The molecule has 0 heterocycles. The summed E-state index contributed by atoms with van der Waals surface area (Å²) in [5.41, 5.74) is 10.7. The number of unbranched alkanes of at least 4 members (excludes halogenated alkanes) is 2. The van der Waals surface area contributed by atoms with E-state index in [0.29, 0.717) is 26.1 Å². The summed E-state index contributed by atoms with van der Waals surface area (Å²) in [6.07, 6.45) is 2.92. The second-order valence-corrected chi connectivity index (χ2v) is 12.6. The van der Waals surface area contributed by atoms with Crippen molar-refractivity contribution in [2.75, 3.05) is 26.4 Å². The van der Waals surface area contributed by atoms with Gasteiger partial charge in [0.15, 0.2) is 0 Å². The van der Waals surface area contributed by atoms with Crippen LogP contribution in [0.3, 0.4) is 0 Å². The Morgan fingerprint density at radius 1 is 0.408 bits per heavy atom. The zero-order valence-electron chi connectivity index (χ0n) is 27.7. The molecular weight excluding hydrogens is 604 g/mol. The predicted octanol–water partition coefficient (Wildman–Crippen LogP) is 9.69. The van der Waals surface area contributed by atoms with Gasteiger partial charge in [0.1, 0.15) is 11.5 Å². The van der Waals surface area contributed by atoms with E-state index in [1.165, 1.54) is 22.3 Å². The van der Waals surface area contributed by atoms with Gasteiger partial charge in [-0.2, -0.15) is 0 Å². The summed E-state index contributed by atoms with van der Waals surface area (Å²) in [7, 11) is 0. The first-order valence-electron chi connectivity index (χ1n) is 17.3. The van der Waals surface area contributed by atoms with Crippen molar-refractivity contribution in [2.45, 2.75) is 31.1 Å². The summed E-state index contributed by atoms with van der Waals surface area (Å²) in [5.74, 6) is 1.65. The number of aliphatic hydroxyl groups excluding tert-OH is 2. The van der Waals surface area contributed by atoms with Crippen LogP contribution in [-0.2, 0) is 5.41 Å². The minimum absolute atomic E-state index is 0.148. The lowest BCUT2D eigenvalue weighted by molar-refractivity contribution is 0.253. The Hall–Kier alpha value is -5.16. The van der Waals surface area contributed by atoms with Crippen LogP contribution >= 0.6 is 0 Å². The van der Waals surface area contributed by atoms with E-state index in [0.717, 1.165) is 57.7 Å². The first kappa shape index (κ1) is 32.4. The zero-order chi connectivity index (χ0) is 33.5. The van der Waals surface area contributed by atoms with E-state index in [-0.39, 0.29) is 13.2 Å². The van der Waals surface area contributed by atoms with Crippen LogP contribution in [-0.4, -0.2) is 36.6 Å². The third-order valence-corrected chi connectivity index (χ3v) is 9.57. The van der Waals surface area contributed by atoms with Gasteiger partial charge in [-0.25, -0.2) is 0 Å². The average molecular weight is 647 g/mol. The number of rotatable bonds is 14. The second kappa shape index (κ2) is 14.9. The van der Waals surface area contributed by atoms with Crippen molar-refractivity contribution in [1.29, 1.82) is 0 Å². The molecule has 4 nitrogen and oxygen atoms in total. The van der Waals surface area contributed by atoms with Gasteiger partial charge in [-0.1, -0.05) is 133 Å². The molecule has 6 aromatic rings. The smallest absolute Gasteiger partial charge is 0.127 e. The Balaban J connectivity index is 1.47. The number of fused-ring (bicyclic) bond motifs is 3. The van der Waals surface area contributed by atoms with Gasteiger partial charge in [0.2, 0.25) is 0 Å². The van der Waals surface area contributed by atoms with Gasteiger partial charge >= 0.3 is 0 Å². The first-order chi connectivity index (χ1) is 24.3. The molecule has 2 N–H and O–H groups in total. The Kier molecular flexibility index (Phi) is 9.88. The van der Waals surface area contributed by atoms with Crippen LogP contribution < -0.4 is 9.47 Å². The number of benzene rings is 6. The van der Waals surface area contributed by atoms with Crippen LogP contribution in [0.4, 0.5) is 0 Å². The maximum atomic E-state index is 9.45. The number of ether oxygens (including phenoxy) is 2. The second-order valence-electron chi connectivity index (χ2n) is 12.6. The Labute approximate surface area is 289 Å². The summed E-state index contributed by atoms with van der Waals surface area (Å²) < 4.78 is 13.1. The summed E-state index contributed by atoms with van der Waals surface area (Å²) in [6.45, 7) is 1.33. The van der Waals surface area contributed by atoms with Gasteiger partial charge in [-0.05, 0) is 82.3 Å². The first-order valence-corrected chi connectivity index (χ1v) is 17.3. The zero-order valence-corrected chi connectivity index (χ0v) is 27.7. The fourth-order valence-corrected chi connectivity index (χ4v) is 7.28. The van der Waals surface area contributed by atoms with Gasteiger partial charge < -0.3 is 19.7 Å². The van der Waals surface area contributed by atoms with E-state index in [1.54, 1.807) is 0 Å². The fourth-order valence-electron chi connectivity index (χ4n) is 7.28. The third kappa shape index (κ3) is 6.26. The van der Waals surface area contributed by atoms with E-state index >= 15 is 0 Å². The lowest BCUT2D eigenvalue weighted by Gasteiger charge is -2.35. The SMILES string of the molecule is OCCCCOc1cc(C2(c3ccc(-c4ccccc4)c(OCCCCO)c3)c3ccccc3-c3ccccc32)ccc1-c1ccccc1. The van der Waals surface area contributed by atoms with Crippen LogP contribution in [0.15, 0.2) is 146 Å². The minimum Gasteiger partial charge on any atom is -0.493 e. The van der Waals surface area contributed by atoms with Crippen molar-refractivity contribution >= 4 is 0 Å². The van der Waals surface area contributed by atoms with Gasteiger partial charge in [0.25, 0.3) is 0 Å². The molecule has 0 aromatic heterocycles. The average Bonchev–Trinajstić information content (AvgIpc) is 3.47. The van der Waals surface area contributed by atoms with Gasteiger partial charge in [-0.15, -0.1) is 0 Å². The molecule has 0 amide bonds. The van der Waals surface area contributed by atoms with E-state index in [4.69, 9.17) is 9.47 Å². The van der Waals surface area contributed by atoms with Gasteiger partial charge in [0, 0.05) is 24.3 Å². The lowest BCUT2D eigenvalue weighted by Crippen LogP contribution is -2.29. The number of aliphatic hydroxyl groups is 2. The molecule has 0 aliphatic heterocycles. The molecule has 0 fully saturated rings. The molecule has 4 heteroatoms. The van der Waals surface area contributed by atoms with Crippen LogP contribution in [0.25, 0.3) is 33.4 Å². The maximum absolute atomic E-state index is 9.45. The molecule has 0 bridgehead atoms. The maximum Gasteiger partial charge on any atom is 0.127 e. The normalized spacial score (nSPS) is 12.7. The highest BCUT2D eigenvalue weighted by Crippen LogP contribution is 2.57. The summed E-state index contributed by atoms with van der Waals surface area (Å²) in [5, 5.41) is 18.9. The Bertz CT molecular complexity index is 1850. The van der Waals surface area contributed by atoms with Crippen LogP contribution in [0, 0.1) is 0 Å². The van der Waals surface area contributed by atoms with E-state index < -0.39 is 5.41 Å². The summed E-state index contributed by atoms with van der Waals surface area (Å²) in [4.78, 5) is 0. The Morgan fingerprint density at radius 3 is 1.24 bits per heavy atom. The molecule has 1 aliphatic carbocycles. The molecule has 0 unspecified atom stereocenters. The monoisotopic (exact) mass is 646 g/mol. The highest BCUT2D eigenvalue weighted by molar-refractivity contribution is 5.87. The lowest BCUT2D eigenvalue weighted by atomic mass is 9.67. The summed E-state index contributed by atoms with van der Waals surface area (Å²) in [6, 6.07) is 51.6. The highest BCUT2D eigenvalue weighted by atomic mass is 16.5. The summed E-state index contributed by atoms with van der Waals surface area (Å²) >= 11 is 0. The number of hydrogen-bond acceptors (Lipinski definition) is 4. The van der Waals surface area contributed by atoms with Crippen LogP contribution in [0.2, 0.25) is 0 Å². The van der Waals surface area contributed by atoms with Crippen LogP contribution in [0.1, 0.15) is 47.9 Å². The molecule has 0 saturated heterocycles. The molecule has 6 aromatic carbocycles. The van der Waals surface area contributed by atoms with Crippen molar-refractivity contribution in [3.05, 3.63) is 168 Å². The van der Waals surface area contributed by atoms with Gasteiger partial charge in [0.05, 0.1) is 18.6 Å². The standard InChI is InChI=1S/C45H42O4/c46-27-11-13-29-48-43-31-35(23-25-37(43)33-15-3-1-4-16-33)45(41-21-9-7-19-39(41)40-20-8-10-22-42(40)45)36-24-26-38(34-17-5-2-6-18-34)44(32-36)49-30-14-12-28-47/h1-10,15-26,31-32,46-47H,11-14,27-30H2. The van der Waals surface area contributed by atoms with E-state index in [2.05, 4.69) is 133 Å². The quantitative estimate of drug-likeness (QED) is 0.116. The molecule has 0 saturated carbocycles. The van der Waals surface area contributed by atoms with Crippen molar-refractivity contribution in [3.8, 4) is 44.9 Å². The molecule has 0 atom stereocenters. The molecule has 7 rings (SSSR count). The third-order valence-electron chi connectivity index (χ3n) is 9.57. The fraction of sp³-hybridized carbons (Fsp3) is 0.200. The molecule has 0 spiro atoms. The van der Waals surface area contributed by atoms with Crippen LogP contribution in [0.5, 0.6) is 11.5 Å². The number of hydrogen-bond donors (Lipinski definition) is 2. The van der Waals surface area contributed by atoms with E-state index in [9.17, 15) is 10.2 Å². The topological polar surface area (TPSA) is 58.9 Å². The highest BCUT2D eigenvalue weighted by Gasteiger charge is 2.46. The van der Waals surface area contributed by atoms with Crippen molar-refractivity contribution in [2.24, 2.45) is 0 Å². The minimum atomic E-state index is -0.649.